The zero-order valence-corrected chi connectivity index (χ0v) is 18.5. The molecule has 0 aliphatic heterocycles. The van der Waals surface area contributed by atoms with Crippen molar-refractivity contribution in [2.75, 3.05) is 0 Å². The number of carbonyl (C=O) groups is 2. The fourth-order valence-corrected chi connectivity index (χ4v) is 4.20. The quantitative estimate of drug-likeness (QED) is 0.724. The molecule has 0 heterocycles. The molecule has 2 aromatic carbocycles. The molecule has 1 saturated carbocycles. The number of nitrogens with one attached hydrogen (secondary N) is 1. The Balaban J connectivity index is 1.78. The van der Waals surface area contributed by atoms with Gasteiger partial charge in [-0.2, -0.15) is 0 Å². The molecule has 0 unspecified atom stereocenters. The Hall–Kier alpha value is -2.62. The van der Waals surface area contributed by atoms with Crippen LogP contribution >= 0.6 is 0 Å². The van der Waals surface area contributed by atoms with Crippen molar-refractivity contribution in [1.29, 1.82) is 0 Å². The van der Waals surface area contributed by atoms with Crippen LogP contribution < -0.4 is 5.32 Å². The van der Waals surface area contributed by atoms with E-state index in [0.29, 0.717) is 13.0 Å². The van der Waals surface area contributed by atoms with Crippen molar-refractivity contribution in [1.82, 2.24) is 10.2 Å². The summed E-state index contributed by atoms with van der Waals surface area (Å²) in [6.07, 6.45) is 5.95. The zero-order chi connectivity index (χ0) is 21.5. The van der Waals surface area contributed by atoms with Crippen LogP contribution in [0.25, 0.3) is 0 Å². The number of aryl methyl sites for hydroxylation is 2. The highest BCUT2D eigenvalue weighted by Gasteiger charge is 2.28. The molecule has 30 heavy (non-hydrogen) atoms. The molecule has 4 nitrogen and oxygen atoms in total. The summed E-state index contributed by atoms with van der Waals surface area (Å²) in [6, 6.07) is 15.7. The third-order valence-corrected chi connectivity index (χ3v) is 6.32. The highest BCUT2D eigenvalue weighted by Crippen LogP contribution is 2.19. The van der Waals surface area contributed by atoms with Gasteiger partial charge in [0.2, 0.25) is 11.8 Å². The summed E-state index contributed by atoms with van der Waals surface area (Å²) in [5.74, 6) is -0.0625. The highest BCUT2D eigenvalue weighted by atomic mass is 16.2. The molecule has 2 amide bonds. The average molecular weight is 407 g/mol. The van der Waals surface area contributed by atoms with Gasteiger partial charge in [-0.25, -0.2) is 0 Å². The largest absolute Gasteiger partial charge is 0.352 e. The normalized spacial score (nSPS) is 15.4. The SMILES string of the molecule is Cc1ccccc1CC(=O)N(Cc1ccccc1C)[C@H](C)C(=O)NC1CCCCC1. The van der Waals surface area contributed by atoms with E-state index in [9.17, 15) is 9.59 Å². The summed E-state index contributed by atoms with van der Waals surface area (Å²) in [6.45, 7) is 6.36. The molecule has 0 spiro atoms. The minimum absolute atomic E-state index is 0.0150. The molecule has 2 aromatic rings. The maximum atomic E-state index is 13.4. The van der Waals surface area contributed by atoms with Gasteiger partial charge in [0.05, 0.1) is 6.42 Å². The summed E-state index contributed by atoms with van der Waals surface area (Å²) in [5.41, 5.74) is 4.32. The van der Waals surface area contributed by atoms with E-state index in [2.05, 4.69) is 5.32 Å². The lowest BCUT2D eigenvalue weighted by Crippen LogP contribution is -2.50. The summed E-state index contributed by atoms with van der Waals surface area (Å²) in [7, 11) is 0. The van der Waals surface area contributed by atoms with Crippen LogP contribution in [-0.2, 0) is 22.6 Å². The van der Waals surface area contributed by atoms with Gasteiger partial charge >= 0.3 is 0 Å². The van der Waals surface area contributed by atoms with Gasteiger partial charge in [-0.1, -0.05) is 67.8 Å². The van der Waals surface area contributed by atoms with Gasteiger partial charge in [0.15, 0.2) is 0 Å². The summed E-state index contributed by atoms with van der Waals surface area (Å²) in [4.78, 5) is 28.2. The molecule has 160 valence electrons. The Bertz CT molecular complexity index is 871. The molecule has 0 aromatic heterocycles. The molecule has 1 aliphatic carbocycles. The molecular formula is C26H34N2O2. The van der Waals surface area contributed by atoms with Gasteiger partial charge < -0.3 is 10.2 Å². The van der Waals surface area contributed by atoms with E-state index >= 15 is 0 Å². The van der Waals surface area contributed by atoms with Crippen molar-refractivity contribution >= 4 is 11.8 Å². The maximum Gasteiger partial charge on any atom is 0.242 e. The van der Waals surface area contributed by atoms with Crippen molar-refractivity contribution in [2.45, 2.75) is 77.9 Å². The number of nitrogens with zero attached hydrogens (tertiary/aromatic N) is 1. The van der Waals surface area contributed by atoms with Crippen LogP contribution in [0.15, 0.2) is 48.5 Å². The van der Waals surface area contributed by atoms with E-state index in [4.69, 9.17) is 0 Å². The van der Waals surface area contributed by atoms with Crippen molar-refractivity contribution in [3.63, 3.8) is 0 Å². The van der Waals surface area contributed by atoms with E-state index in [1.807, 2.05) is 69.3 Å². The number of rotatable bonds is 7. The number of hydrogen-bond donors (Lipinski definition) is 1. The molecule has 1 N–H and O–H groups in total. The number of hydrogen-bond acceptors (Lipinski definition) is 2. The van der Waals surface area contributed by atoms with E-state index in [-0.39, 0.29) is 17.9 Å². The molecule has 1 atom stereocenters. The van der Waals surface area contributed by atoms with Crippen LogP contribution in [0.3, 0.4) is 0 Å². The minimum atomic E-state index is -0.511. The maximum absolute atomic E-state index is 13.4. The summed E-state index contributed by atoms with van der Waals surface area (Å²) >= 11 is 0. The van der Waals surface area contributed by atoms with E-state index in [1.54, 1.807) is 4.90 Å². The lowest BCUT2D eigenvalue weighted by Gasteiger charge is -2.31. The molecule has 0 bridgehead atoms. The van der Waals surface area contributed by atoms with Crippen LogP contribution in [0.4, 0.5) is 0 Å². The lowest BCUT2D eigenvalue weighted by atomic mass is 9.95. The smallest absolute Gasteiger partial charge is 0.242 e. The van der Waals surface area contributed by atoms with Gasteiger partial charge in [-0.3, -0.25) is 9.59 Å². The lowest BCUT2D eigenvalue weighted by molar-refractivity contribution is -0.140. The second kappa shape index (κ2) is 10.4. The van der Waals surface area contributed by atoms with Gasteiger partial charge in [-0.05, 0) is 55.9 Å². The number of carbonyl (C=O) groups excluding carboxylic acids is 2. The zero-order valence-electron chi connectivity index (χ0n) is 18.5. The van der Waals surface area contributed by atoms with Crippen LogP contribution in [0.5, 0.6) is 0 Å². The second-order valence-corrected chi connectivity index (χ2v) is 8.57. The van der Waals surface area contributed by atoms with Crippen LogP contribution in [-0.4, -0.2) is 28.8 Å². The minimum Gasteiger partial charge on any atom is -0.352 e. The first-order valence-corrected chi connectivity index (χ1v) is 11.1. The fraction of sp³-hybridized carbons (Fsp3) is 0.462. The third kappa shape index (κ3) is 5.71. The van der Waals surface area contributed by atoms with Crippen molar-refractivity contribution in [2.24, 2.45) is 0 Å². The summed E-state index contributed by atoms with van der Waals surface area (Å²) in [5, 5.41) is 3.20. The van der Waals surface area contributed by atoms with Crippen LogP contribution in [0.2, 0.25) is 0 Å². The Morgan fingerprint density at radius 3 is 2.10 bits per heavy atom. The highest BCUT2D eigenvalue weighted by molar-refractivity contribution is 5.88. The Morgan fingerprint density at radius 2 is 1.50 bits per heavy atom. The second-order valence-electron chi connectivity index (χ2n) is 8.57. The predicted octanol–water partition coefficient (Wildman–Crippen LogP) is 4.71. The standard InChI is InChI=1S/C26H34N2O2/c1-19-11-7-9-13-22(19)17-25(29)28(18-23-14-10-8-12-20(23)2)21(3)26(30)27-24-15-5-4-6-16-24/h7-14,21,24H,4-6,15-18H2,1-3H3,(H,27,30)/t21-/m1/s1. The molecular weight excluding hydrogens is 372 g/mol. The van der Waals surface area contributed by atoms with Gasteiger partial charge in [0.1, 0.15) is 6.04 Å². The molecule has 0 saturated heterocycles. The Labute approximate surface area is 180 Å². The topological polar surface area (TPSA) is 49.4 Å². The van der Waals surface area contributed by atoms with Crippen molar-refractivity contribution in [3.8, 4) is 0 Å². The predicted molar refractivity (Wildman–Crippen MR) is 121 cm³/mol. The van der Waals surface area contributed by atoms with E-state index in [0.717, 1.165) is 35.1 Å². The van der Waals surface area contributed by atoms with E-state index < -0.39 is 6.04 Å². The van der Waals surface area contributed by atoms with Gasteiger partial charge in [0.25, 0.3) is 0 Å². The Kier molecular flexibility index (Phi) is 7.67. The molecule has 1 fully saturated rings. The molecule has 3 rings (SSSR count). The number of amides is 2. The monoisotopic (exact) mass is 406 g/mol. The molecule has 0 radical (unpaired) electrons. The third-order valence-electron chi connectivity index (χ3n) is 6.32. The van der Waals surface area contributed by atoms with Gasteiger partial charge in [0, 0.05) is 12.6 Å². The fourth-order valence-electron chi connectivity index (χ4n) is 4.20. The molecule has 1 aliphatic rings. The van der Waals surface area contributed by atoms with Gasteiger partial charge in [-0.15, -0.1) is 0 Å². The Morgan fingerprint density at radius 1 is 0.933 bits per heavy atom. The first-order chi connectivity index (χ1) is 14.5. The molecule has 4 heteroatoms. The van der Waals surface area contributed by atoms with E-state index in [1.165, 1.54) is 19.3 Å². The first kappa shape index (κ1) is 22.1. The van der Waals surface area contributed by atoms with Crippen LogP contribution in [0.1, 0.15) is 61.3 Å². The first-order valence-electron chi connectivity index (χ1n) is 11.1. The van der Waals surface area contributed by atoms with Crippen molar-refractivity contribution < 1.29 is 9.59 Å². The summed E-state index contributed by atoms with van der Waals surface area (Å²) < 4.78 is 0. The average Bonchev–Trinajstić information content (AvgIpc) is 2.75. The van der Waals surface area contributed by atoms with Crippen molar-refractivity contribution in [3.05, 3.63) is 70.8 Å². The van der Waals surface area contributed by atoms with Crippen LogP contribution in [0, 0.1) is 13.8 Å². The number of benzene rings is 2.